The fraction of sp³-hybridized carbons (Fsp3) is 0.909. The summed E-state index contributed by atoms with van der Waals surface area (Å²) in [4.78, 5) is 37.9. The molecule has 0 radical (unpaired) electrons. The van der Waals surface area contributed by atoms with Crippen LogP contribution in [-0.2, 0) is 28.6 Å². The molecule has 0 fully saturated rings. The summed E-state index contributed by atoms with van der Waals surface area (Å²) in [6.45, 7) is 6.65. The summed E-state index contributed by atoms with van der Waals surface area (Å²) < 4.78 is 16.8. The standard InChI is InChI=1S/C55H104O6/c1-4-7-10-13-16-19-21-23-25-27-29-30-32-34-36-39-42-45-48-54(57)60-51-52(50-59-53(56)47-44-41-38-18-15-12-9-6-3)61-55(58)49-46-43-40-37-35-33-31-28-26-24-22-20-17-14-11-8-5-2/h24,26,52H,4-23,25,27-51H2,1-3H3/b26-24-. The van der Waals surface area contributed by atoms with Gasteiger partial charge in [-0.2, -0.15) is 0 Å². The second-order valence-corrected chi connectivity index (χ2v) is 18.5. The molecule has 6 nitrogen and oxygen atoms in total. The third-order valence-electron chi connectivity index (χ3n) is 12.3. The van der Waals surface area contributed by atoms with E-state index in [1.165, 1.54) is 205 Å². The van der Waals surface area contributed by atoms with Crippen LogP contribution in [-0.4, -0.2) is 37.2 Å². The number of allylic oxidation sites excluding steroid dienone is 2. The minimum absolute atomic E-state index is 0.0666. The quantitative estimate of drug-likeness (QED) is 0.0262. The monoisotopic (exact) mass is 861 g/mol. The first kappa shape index (κ1) is 59.1. The Morgan fingerprint density at radius 3 is 0.820 bits per heavy atom. The Kier molecular flexibility index (Phi) is 49.3. The van der Waals surface area contributed by atoms with Crippen molar-refractivity contribution in [3.63, 3.8) is 0 Å². The lowest BCUT2D eigenvalue weighted by atomic mass is 10.0. The van der Waals surface area contributed by atoms with Crippen molar-refractivity contribution < 1.29 is 28.6 Å². The Bertz CT molecular complexity index is 947. The van der Waals surface area contributed by atoms with Crippen molar-refractivity contribution in [1.29, 1.82) is 0 Å². The molecule has 0 bridgehead atoms. The van der Waals surface area contributed by atoms with Crippen LogP contribution < -0.4 is 0 Å². The fourth-order valence-electron chi connectivity index (χ4n) is 8.14. The highest BCUT2D eigenvalue weighted by Gasteiger charge is 2.19. The molecule has 0 saturated heterocycles. The van der Waals surface area contributed by atoms with Gasteiger partial charge in [0.25, 0.3) is 0 Å². The first-order valence-corrected chi connectivity index (χ1v) is 27.2. The maximum absolute atomic E-state index is 12.8. The van der Waals surface area contributed by atoms with Crippen molar-refractivity contribution in [3.05, 3.63) is 12.2 Å². The zero-order chi connectivity index (χ0) is 44.4. The lowest BCUT2D eigenvalue weighted by molar-refractivity contribution is -0.167. The molecule has 0 heterocycles. The molecule has 0 aliphatic heterocycles. The fourth-order valence-corrected chi connectivity index (χ4v) is 8.14. The summed E-state index contributed by atoms with van der Waals surface area (Å²) in [5.41, 5.74) is 0. The van der Waals surface area contributed by atoms with Crippen LogP contribution >= 0.6 is 0 Å². The molecule has 0 aromatic rings. The van der Waals surface area contributed by atoms with E-state index in [1.807, 2.05) is 0 Å². The predicted octanol–water partition coefficient (Wildman–Crippen LogP) is 17.8. The van der Waals surface area contributed by atoms with E-state index in [2.05, 4.69) is 32.9 Å². The number of unbranched alkanes of at least 4 members (excludes halogenated alkanes) is 37. The van der Waals surface area contributed by atoms with Crippen molar-refractivity contribution in [2.24, 2.45) is 0 Å². The molecule has 0 N–H and O–H groups in total. The van der Waals surface area contributed by atoms with Crippen LogP contribution in [0, 0.1) is 0 Å². The van der Waals surface area contributed by atoms with Gasteiger partial charge in [0.15, 0.2) is 6.10 Å². The number of hydrogen-bond donors (Lipinski definition) is 0. The van der Waals surface area contributed by atoms with Crippen LogP contribution in [0.15, 0.2) is 12.2 Å². The minimum atomic E-state index is -0.765. The smallest absolute Gasteiger partial charge is 0.306 e. The van der Waals surface area contributed by atoms with Gasteiger partial charge in [0, 0.05) is 19.3 Å². The van der Waals surface area contributed by atoms with Crippen LogP contribution in [0.5, 0.6) is 0 Å². The van der Waals surface area contributed by atoms with E-state index < -0.39 is 6.10 Å². The minimum Gasteiger partial charge on any atom is -0.462 e. The molecule has 0 amide bonds. The Balaban J connectivity index is 4.22. The number of hydrogen-bond acceptors (Lipinski definition) is 6. The topological polar surface area (TPSA) is 78.9 Å². The van der Waals surface area contributed by atoms with E-state index in [-0.39, 0.29) is 31.1 Å². The van der Waals surface area contributed by atoms with Gasteiger partial charge in [-0.1, -0.05) is 251 Å². The van der Waals surface area contributed by atoms with Gasteiger partial charge < -0.3 is 14.2 Å². The van der Waals surface area contributed by atoms with Crippen molar-refractivity contribution in [2.75, 3.05) is 13.2 Å². The second-order valence-electron chi connectivity index (χ2n) is 18.5. The molecule has 0 rings (SSSR count). The molecular weight excluding hydrogens is 757 g/mol. The number of carbonyl (C=O) groups is 3. The van der Waals surface area contributed by atoms with Gasteiger partial charge >= 0.3 is 17.9 Å². The summed E-state index contributed by atoms with van der Waals surface area (Å²) in [5, 5.41) is 0. The maximum atomic E-state index is 12.8. The van der Waals surface area contributed by atoms with Crippen LogP contribution in [0.25, 0.3) is 0 Å². The number of carbonyl (C=O) groups excluding carboxylic acids is 3. The first-order valence-electron chi connectivity index (χ1n) is 27.2. The summed E-state index contributed by atoms with van der Waals surface area (Å²) in [6.07, 6.45) is 56.4. The summed E-state index contributed by atoms with van der Waals surface area (Å²) in [6, 6.07) is 0. The molecular formula is C55H104O6. The van der Waals surface area contributed by atoms with Gasteiger partial charge in [0.1, 0.15) is 13.2 Å². The lowest BCUT2D eigenvalue weighted by Crippen LogP contribution is -2.30. The number of esters is 3. The zero-order valence-electron chi connectivity index (χ0n) is 41.2. The third-order valence-corrected chi connectivity index (χ3v) is 12.3. The molecule has 6 heteroatoms. The predicted molar refractivity (Wildman–Crippen MR) is 261 cm³/mol. The first-order chi connectivity index (χ1) is 30.0. The second kappa shape index (κ2) is 50.8. The number of ether oxygens (including phenoxy) is 3. The van der Waals surface area contributed by atoms with Gasteiger partial charge in [-0.25, -0.2) is 0 Å². The lowest BCUT2D eigenvalue weighted by Gasteiger charge is -2.18. The van der Waals surface area contributed by atoms with Crippen LogP contribution in [0.2, 0.25) is 0 Å². The number of rotatable bonds is 50. The van der Waals surface area contributed by atoms with E-state index in [1.54, 1.807) is 0 Å². The van der Waals surface area contributed by atoms with E-state index in [0.717, 1.165) is 57.8 Å². The van der Waals surface area contributed by atoms with Crippen LogP contribution in [0.3, 0.4) is 0 Å². The Morgan fingerprint density at radius 1 is 0.311 bits per heavy atom. The average molecular weight is 861 g/mol. The summed E-state index contributed by atoms with van der Waals surface area (Å²) in [7, 11) is 0. The van der Waals surface area contributed by atoms with E-state index in [9.17, 15) is 14.4 Å². The van der Waals surface area contributed by atoms with Gasteiger partial charge in [-0.3, -0.25) is 14.4 Å². The van der Waals surface area contributed by atoms with Crippen LogP contribution in [0.1, 0.15) is 303 Å². The zero-order valence-corrected chi connectivity index (χ0v) is 41.2. The molecule has 61 heavy (non-hydrogen) atoms. The largest absolute Gasteiger partial charge is 0.462 e. The summed E-state index contributed by atoms with van der Waals surface area (Å²) >= 11 is 0. The highest BCUT2D eigenvalue weighted by Crippen LogP contribution is 2.17. The van der Waals surface area contributed by atoms with E-state index >= 15 is 0 Å². The van der Waals surface area contributed by atoms with Crippen molar-refractivity contribution in [3.8, 4) is 0 Å². The molecule has 1 atom stereocenters. The molecule has 1 unspecified atom stereocenters. The molecule has 0 aromatic carbocycles. The van der Waals surface area contributed by atoms with Gasteiger partial charge in [0.05, 0.1) is 0 Å². The van der Waals surface area contributed by atoms with Crippen molar-refractivity contribution in [2.45, 2.75) is 309 Å². The molecule has 360 valence electrons. The Hall–Kier alpha value is -1.85. The normalized spacial score (nSPS) is 12.0. The van der Waals surface area contributed by atoms with Gasteiger partial charge in [-0.05, 0) is 44.9 Å². The highest BCUT2D eigenvalue weighted by atomic mass is 16.6. The van der Waals surface area contributed by atoms with Gasteiger partial charge in [0.2, 0.25) is 0 Å². The van der Waals surface area contributed by atoms with Crippen molar-refractivity contribution in [1.82, 2.24) is 0 Å². The van der Waals surface area contributed by atoms with E-state index in [4.69, 9.17) is 14.2 Å². The highest BCUT2D eigenvalue weighted by molar-refractivity contribution is 5.71. The van der Waals surface area contributed by atoms with E-state index in [0.29, 0.717) is 19.3 Å². The summed E-state index contributed by atoms with van der Waals surface area (Å²) in [5.74, 6) is -0.857. The maximum Gasteiger partial charge on any atom is 0.306 e. The molecule has 0 aliphatic carbocycles. The Labute approximate surface area is 380 Å². The third kappa shape index (κ3) is 49.0. The molecule has 0 aromatic heterocycles. The Morgan fingerprint density at radius 2 is 0.541 bits per heavy atom. The molecule has 0 saturated carbocycles. The SMILES string of the molecule is CCCCCCCC/C=C\CCCCCCCCCC(=O)OC(COC(=O)CCCCCCCCCC)COC(=O)CCCCCCCCCCCCCCCCCCCC. The molecule has 0 spiro atoms. The van der Waals surface area contributed by atoms with Crippen LogP contribution in [0.4, 0.5) is 0 Å². The molecule has 0 aliphatic rings. The van der Waals surface area contributed by atoms with Crippen molar-refractivity contribution >= 4 is 17.9 Å². The van der Waals surface area contributed by atoms with Gasteiger partial charge in [-0.15, -0.1) is 0 Å². The average Bonchev–Trinajstić information content (AvgIpc) is 3.26.